The van der Waals surface area contributed by atoms with Gasteiger partial charge in [0.1, 0.15) is 0 Å². The van der Waals surface area contributed by atoms with Crippen molar-refractivity contribution in [2.45, 2.75) is 38.1 Å². The van der Waals surface area contributed by atoms with Crippen LogP contribution in [0.5, 0.6) is 0 Å². The lowest BCUT2D eigenvalue weighted by atomic mass is 10.1. The maximum absolute atomic E-state index is 11.7. The summed E-state index contributed by atoms with van der Waals surface area (Å²) in [6, 6.07) is 2.34. The number of hydrogen-bond acceptors (Lipinski definition) is 3. The molecule has 114 valence electrons. The first-order valence-corrected chi connectivity index (χ1v) is 8.16. The van der Waals surface area contributed by atoms with E-state index >= 15 is 0 Å². The number of halogens is 3. The van der Waals surface area contributed by atoms with Crippen molar-refractivity contribution in [2.24, 2.45) is 0 Å². The molecule has 1 aliphatic rings. The lowest BCUT2D eigenvalue weighted by Gasteiger charge is -2.11. The van der Waals surface area contributed by atoms with Crippen LogP contribution in [0.4, 0.5) is 0 Å². The summed E-state index contributed by atoms with van der Waals surface area (Å²) in [6.45, 7) is 1.81. The van der Waals surface area contributed by atoms with Crippen molar-refractivity contribution in [3.63, 3.8) is 0 Å². The molecule has 20 heavy (non-hydrogen) atoms. The highest BCUT2D eigenvalue weighted by Crippen LogP contribution is 2.31. The average Bonchev–Trinajstić information content (AvgIpc) is 2.97. The zero-order chi connectivity index (χ0) is 13.7. The molecule has 1 saturated heterocycles. The molecule has 1 aromatic heterocycles. The fourth-order valence-corrected chi connectivity index (χ4v) is 3.79. The molecule has 0 bridgehead atoms. The number of carbonyl (C=O) groups excluding carboxylic acids is 1. The number of hydrogen-bond donors (Lipinski definition) is 2. The highest BCUT2D eigenvalue weighted by atomic mass is 35.5. The Morgan fingerprint density at radius 1 is 1.50 bits per heavy atom. The van der Waals surface area contributed by atoms with Gasteiger partial charge in [-0.05, 0) is 43.9 Å². The van der Waals surface area contributed by atoms with Crippen molar-refractivity contribution in [2.75, 3.05) is 13.1 Å². The minimum absolute atomic E-state index is 0. The first-order chi connectivity index (χ1) is 9.15. The van der Waals surface area contributed by atoms with E-state index < -0.39 is 0 Å². The molecule has 0 aliphatic carbocycles. The van der Waals surface area contributed by atoms with Crippen molar-refractivity contribution in [1.82, 2.24) is 10.6 Å². The Morgan fingerprint density at radius 3 is 2.90 bits per heavy atom. The molecule has 2 N–H and O–H groups in total. The summed E-state index contributed by atoms with van der Waals surface area (Å²) in [7, 11) is 0. The molecule has 1 aromatic rings. The Morgan fingerprint density at radius 2 is 2.30 bits per heavy atom. The number of nitrogens with one attached hydrogen (secondary N) is 2. The molecule has 1 atom stereocenters. The molecule has 1 aliphatic heterocycles. The average molecular weight is 358 g/mol. The van der Waals surface area contributed by atoms with Crippen LogP contribution in [0.15, 0.2) is 6.07 Å². The van der Waals surface area contributed by atoms with Gasteiger partial charge < -0.3 is 10.6 Å². The van der Waals surface area contributed by atoms with Crippen molar-refractivity contribution >= 4 is 52.9 Å². The Labute approximate surface area is 139 Å². The number of aryl methyl sites for hydroxylation is 1. The first kappa shape index (κ1) is 18.1. The second kappa shape index (κ2) is 9.11. The van der Waals surface area contributed by atoms with Gasteiger partial charge in [0.15, 0.2) is 0 Å². The van der Waals surface area contributed by atoms with Crippen molar-refractivity contribution in [3.8, 4) is 0 Å². The Hall–Kier alpha value is -0.000000000000000104. The molecule has 2 rings (SSSR count). The lowest BCUT2D eigenvalue weighted by Crippen LogP contribution is -2.37. The zero-order valence-electron chi connectivity index (χ0n) is 11.1. The van der Waals surface area contributed by atoms with E-state index in [0.29, 0.717) is 16.8 Å². The fraction of sp³-hybridized carbons (Fsp3) is 0.615. The normalized spacial score (nSPS) is 17.8. The lowest BCUT2D eigenvalue weighted by molar-refractivity contribution is -0.121. The summed E-state index contributed by atoms with van der Waals surface area (Å²) < 4.78 is 1.44. The molecule has 3 nitrogen and oxygen atoms in total. The predicted molar refractivity (Wildman–Crippen MR) is 88.6 cm³/mol. The predicted octanol–water partition coefficient (Wildman–Crippen LogP) is 3.67. The monoisotopic (exact) mass is 356 g/mol. The smallest absolute Gasteiger partial charge is 0.220 e. The number of thiophene rings is 1. The summed E-state index contributed by atoms with van der Waals surface area (Å²) >= 11 is 13.3. The molecule has 0 spiro atoms. The van der Waals surface area contributed by atoms with E-state index in [-0.39, 0.29) is 18.3 Å². The zero-order valence-corrected chi connectivity index (χ0v) is 14.2. The minimum Gasteiger partial charge on any atom is -0.355 e. The highest BCUT2D eigenvalue weighted by Gasteiger charge is 2.14. The molecule has 1 amide bonds. The van der Waals surface area contributed by atoms with Crippen molar-refractivity contribution < 1.29 is 4.79 Å². The third-order valence-electron chi connectivity index (χ3n) is 3.29. The standard InChI is InChI=1S/C13H18Cl2N2OS.ClH/c14-11-7-9(13(15)19-11)3-1-5-12(18)17-8-10-4-2-6-16-10;/h7,10,16H,1-6,8H2,(H,17,18);1H. The summed E-state index contributed by atoms with van der Waals surface area (Å²) in [6.07, 6.45) is 4.51. The molecule has 1 fully saturated rings. The third kappa shape index (κ3) is 5.78. The van der Waals surface area contributed by atoms with E-state index in [1.54, 1.807) is 0 Å². The van der Waals surface area contributed by atoms with Crippen molar-refractivity contribution in [3.05, 3.63) is 20.3 Å². The number of carbonyl (C=O) groups is 1. The van der Waals surface area contributed by atoms with Gasteiger partial charge in [0, 0.05) is 19.0 Å². The van der Waals surface area contributed by atoms with E-state index in [4.69, 9.17) is 23.2 Å². The van der Waals surface area contributed by atoms with Gasteiger partial charge in [-0.3, -0.25) is 4.79 Å². The quantitative estimate of drug-likeness (QED) is 0.815. The van der Waals surface area contributed by atoms with Crippen LogP contribution < -0.4 is 10.6 Å². The number of rotatable bonds is 6. The second-order valence-electron chi connectivity index (χ2n) is 4.80. The first-order valence-electron chi connectivity index (χ1n) is 6.59. The molecule has 0 saturated carbocycles. The second-order valence-corrected chi connectivity index (χ2v) is 7.09. The highest BCUT2D eigenvalue weighted by molar-refractivity contribution is 7.20. The van der Waals surface area contributed by atoms with Gasteiger partial charge in [0.25, 0.3) is 0 Å². The van der Waals surface area contributed by atoms with Crippen LogP contribution in [0.3, 0.4) is 0 Å². The van der Waals surface area contributed by atoms with Gasteiger partial charge in [0.2, 0.25) is 5.91 Å². The summed E-state index contributed by atoms with van der Waals surface area (Å²) in [5.74, 6) is 0.117. The van der Waals surface area contributed by atoms with Gasteiger partial charge in [-0.2, -0.15) is 0 Å². The van der Waals surface area contributed by atoms with Crippen molar-refractivity contribution in [1.29, 1.82) is 0 Å². The van der Waals surface area contributed by atoms with Crippen LogP contribution >= 0.6 is 46.9 Å². The molecular formula is C13H19Cl3N2OS. The molecule has 0 aromatic carbocycles. The maximum atomic E-state index is 11.7. The van der Waals surface area contributed by atoms with Gasteiger partial charge in [0.05, 0.1) is 8.67 Å². The molecule has 7 heteroatoms. The summed E-state index contributed by atoms with van der Waals surface area (Å²) in [4.78, 5) is 11.7. The molecule has 2 heterocycles. The van der Waals surface area contributed by atoms with E-state index in [1.807, 2.05) is 6.07 Å². The van der Waals surface area contributed by atoms with Crippen LogP contribution in [0.1, 0.15) is 31.2 Å². The molecular weight excluding hydrogens is 339 g/mol. The summed E-state index contributed by atoms with van der Waals surface area (Å²) in [5.41, 5.74) is 1.04. The van der Waals surface area contributed by atoms with E-state index in [2.05, 4.69) is 10.6 Å². The van der Waals surface area contributed by atoms with E-state index in [9.17, 15) is 4.79 Å². The Bertz CT molecular complexity index is 433. The molecule has 1 unspecified atom stereocenters. The van der Waals surface area contributed by atoms with Crippen LogP contribution in [0, 0.1) is 0 Å². The van der Waals surface area contributed by atoms with Crippen LogP contribution in [0.25, 0.3) is 0 Å². The SMILES string of the molecule is Cl.O=C(CCCc1cc(Cl)sc1Cl)NCC1CCCN1. The fourth-order valence-electron chi connectivity index (χ4n) is 2.24. The van der Waals surface area contributed by atoms with Crippen LogP contribution in [-0.2, 0) is 11.2 Å². The van der Waals surface area contributed by atoms with E-state index in [1.165, 1.54) is 17.8 Å². The Balaban J connectivity index is 0.00000200. The minimum atomic E-state index is 0. The molecule has 0 radical (unpaired) electrons. The van der Waals surface area contributed by atoms with Gasteiger partial charge in [-0.25, -0.2) is 0 Å². The van der Waals surface area contributed by atoms with Gasteiger partial charge >= 0.3 is 0 Å². The van der Waals surface area contributed by atoms with Crippen LogP contribution in [-0.4, -0.2) is 25.0 Å². The van der Waals surface area contributed by atoms with Gasteiger partial charge in [-0.1, -0.05) is 23.2 Å². The Kier molecular flexibility index (Phi) is 8.22. The van der Waals surface area contributed by atoms with E-state index in [0.717, 1.165) is 42.3 Å². The van der Waals surface area contributed by atoms with Gasteiger partial charge in [-0.15, -0.1) is 23.7 Å². The topological polar surface area (TPSA) is 41.1 Å². The largest absolute Gasteiger partial charge is 0.355 e. The summed E-state index contributed by atoms with van der Waals surface area (Å²) in [5, 5.41) is 6.33. The number of amides is 1. The third-order valence-corrected chi connectivity index (χ3v) is 4.85. The maximum Gasteiger partial charge on any atom is 0.220 e. The van der Waals surface area contributed by atoms with Crippen LogP contribution in [0.2, 0.25) is 8.67 Å².